The first-order chi connectivity index (χ1) is 8.72. The molecule has 6 heteroatoms. The molecular weight excluding hydrogens is 232 g/mol. The number of amides is 1. The molecule has 4 N–H and O–H groups in total. The van der Waals surface area contributed by atoms with Crippen molar-refractivity contribution in [2.24, 2.45) is 0 Å². The third-order valence-corrected chi connectivity index (χ3v) is 2.29. The molecule has 1 aromatic heterocycles. The number of hydrogen-bond donors (Lipinski definition) is 3. The van der Waals surface area contributed by atoms with Gasteiger partial charge < -0.3 is 21.1 Å². The second-order valence-electron chi connectivity index (χ2n) is 3.89. The molecule has 0 saturated heterocycles. The predicted octanol–water partition coefficient (Wildman–Crippen LogP) is 0.618. The van der Waals surface area contributed by atoms with Gasteiger partial charge in [-0.25, -0.2) is 4.98 Å². The van der Waals surface area contributed by atoms with E-state index in [-0.39, 0.29) is 12.5 Å². The summed E-state index contributed by atoms with van der Waals surface area (Å²) < 4.78 is 4.71. The molecule has 1 aromatic rings. The Morgan fingerprint density at radius 3 is 2.83 bits per heavy atom. The predicted molar refractivity (Wildman–Crippen MR) is 71.3 cm³/mol. The van der Waals surface area contributed by atoms with Gasteiger partial charge in [-0.3, -0.25) is 4.79 Å². The Hall–Kier alpha value is -1.82. The molecule has 0 aliphatic heterocycles. The van der Waals surface area contributed by atoms with Crippen LogP contribution in [0.1, 0.15) is 12.8 Å². The van der Waals surface area contributed by atoms with Crippen LogP contribution in [0.25, 0.3) is 0 Å². The molecule has 0 atom stereocenters. The first-order valence-corrected chi connectivity index (χ1v) is 5.93. The molecular formula is C12H20N4O2. The summed E-state index contributed by atoms with van der Waals surface area (Å²) in [7, 11) is 1.50. The second kappa shape index (κ2) is 8.30. The number of rotatable bonds is 8. The zero-order valence-corrected chi connectivity index (χ0v) is 10.6. The molecule has 1 amide bonds. The number of carbonyl (C=O) groups is 1. The van der Waals surface area contributed by atoms with Gasteiger partial charge in [-0.05, 0) is 25.0 Å². The molecule has 0 fully saturated rings. The maximum Gasteiger partial charge on any atom is 0.245 e. The highest BCUT2D eigenvalue weighted by Gasteiger charge is 1.98. The van der Waals surface area contributed by atoms with Gasteiger partial charge in [-0.15, -0.1) is 0 Å². The number of nitrogen functional groups attached to an aromatic ring is 1. The minimum atomic E-state index is -0.0781. The number of pyridine rings is 1. The average Bonchev–Trinajstić information content (AvgIpc) is 2.36. The number of carbonyl (C=O) groups excluding carboxylic acids is 1. The molecule has 0 radical (unpaired) electrons. The van der Waals surface area contributed by atoms with E-state index in [4.69, 9.17) is 10.5 Å². The SMILES string of the molecule is COCC(=O)NCCCCNc1ccc(N)cn1. The van der Waals surface area contributed by atoms with Gasteiger partial charge in [0.05, 0.1) is 11.9 Å². The van der Waals surface area contributed by atoms with E-state index in [9.17, 15) is 4.79 Å². The standard InChI is InChI=1S/C12H20N4O2/c1-18-9-12(17)15-7-3-2-6-14-11-5-4-10(13)8-16-11/h4-5,8H,2-3,6-7,9,13H2,1H3,(H,14,16)(H,15,17). The smallest absolute Gasteiger partial charge is 0.245 e. The van der Waals surface area contributed by atoms with E-state index in [2.05, 4.69) is 15.6 Å². The number of nitrogens with two attached hydrogens (primary N) is 1. The van der Waals surface area contributed by atoms with Crippen LogP contribution in [-0.2, 0) is 9.53 Å². The first-order valence-electron chi connectivity index (χ1n) is 5.93. The Morgan fingerprint density at radius 2 is 2.17 bits per heavy atom. The van der Waals surface area contributed by atoms with E-state index < -0.39 is 0 Å². The normalized spacial score (nSPS) is 10.1. The third kappa shape index (κ3) is 6.05. The molecule has 0 bridgehead atoms. The van der Waals surface area contributed by atoms with Crippen molar-refractivity contribution in [2.45, 2.75) is 12.8 Å². The second-order valence-corrected chi connectivity index (χ2v) is 3.89. The van der Waals surface area contributed by atoms with Gasteiger partial charge in [-0.2, -0.15) is 0 Å². The van der Waals surface area contributed by atoms with Crippen molar-refractivity contribution in [1.29, 1.82) is 0 Å². The Labute approximate surface area is 107 Å². The Kier molecular flexibility index (Phi) is 6.56. The fourth-order valence-electron chi connectivity index (χ4n) is 1.39. The summed E-state index contributed by atoms with van der Waals surface area (Å²) in [6, 6.07) is 3.65. The van der Waals surface area contributed by atoms with Crippen LogP contribution in [0.15, 0.2) is 18.3 Å². The molecule has 1 heterocycles. The molecule has 0 aliphatic rings. The third-order valence-electron chi connectivity index (χ3n) is 2.29. The van der Waals surface area contributed by atoms with Crippen molar-refractivity contribution >= 4 is 17.4 Å². The van der Waals surface area contributed by atoms with Gasteiger partial charge >= 0.3 is 0 Å². The zero-order valence-electron chi connectivity index (χ0n) is 10.6. The van der Waals surface area contributed by atoms with Crippen molar-refractivity contribution in [3.8, 4) is 0 Å². The van der Waals surface area contributed by atoms with E-state index in [1.807, 2.05) is 6.07 Å². The average molecular weight is 252 g/mol. The Balaban J connectivity index is 2.02. The van der Waals surface area contributed by atoms with Crippen molar-refractivity contribution in [2.75, 3.05) is 37.9 Å². The number of hydrogen-bond acceptors (Lipinski definition) is 5. The fourth-order valence-corrected chi connectivity index (χ4v) is 1.39. The summed E-state index contributed by atoms with van der Waals surface area (Å²) in [6.07, 6.45) is 3.49. The maximum absolute atomic E-state index is 11.1. The number of methoxy groups -OCH3 is 1. The summed E-state index contributed by atoms with van der Waals surface area (Å²) >= 11 is 0. The quantitative estimate of drug-likeness (QED) is 0.590. The number of aromatic nitrogens is 1. The molecule has 6 nitrogen and oxygen atoms in total. The molecule has 0 aliphatic carbocycles. The van der Waals surface area contributed by atoms with Gasteiger partial charge in [0.2, 0.25) is 5.91 Å². The van der Waals surface area contributed by atoms with Crippen molar-refractivity contribution in [3.63, 3.8) is 0 Å². The van der Waals surface area contributed by atoms with Gasteiger partial charge in [0.15, 0.2) is 0 Å². The zero-order chi connectivity index (χ0) is 13.2. The largest absolute Gasteiger partial charge is 0.397 e. The lowest BCUT2D eigenvalue weighted by molar-refractivity contribution is -0.124. The summed E-state index contributed by atoms with van der Waals surface area (Å²) in [5.41, 5.74) is 6.19. The van der Waals surface area contributed by atoms with Crippen molar-refractivity contribution in [1.82, 2.24) is 10.3 Å². The van der Waals surface area contributed by atoms with E-state index in [1.165, 1.54) is 7.11 Å². The van der Waals surface area contributed by atoms with Crippen molar-refractivity contribution in [3.05, 3.63) is 18.3 Å². The molecule has 0 spiro atoms. The summed E-state index contributed by atoms with van der Waals surface area (Å²) in [6.45, 7) is 1.60. The van der Waals surface area contributed by atoms with Crippen LogP contribution in [-0.4, -0.2) is 37.7 Å². The Bertz CT molecular complexity index is 354. The van der Waals surface area contributed by atoms with Crippen molar-refractivity contribution < 1.29 is 9.53 Å². The van der Waals surface area contributed by atoms with E-state index in [1.54, 1.807) is 12.3 Å². The number of anilines is 2. The van der Waals surface area contributed by atoms with Crippen LogP contribution < -0.4 is 16.4 Å². The highest BCUT2D eigenvalue weighted by Crippen LogP contribution is 2.05. The lowest BCUT2D eigenvalue weighted by Crippen LogP contribution is -2.28. The minimum absolute atomic E-state index is 0.0781. The number of unbranched alkanes of at least 4 members (excludes halogenated alkanes) is 1. The van der Waals surface area contributed by atoms with Gasteiger partial charge in [0.25, 0.3) is 0 Å². The molecule has 0 saturated carbocycles. The monoisotopic (exact) mass is 252 g/mol. The number of nitrogens with zero attached hydrogens (tertiary/aromatic N) is 1. The van der Waals surface area contributed by atoms with E-state index in [0.29, 0.717) is 12.2 Å². The number of ether oxygens (including phenoxy) is 1. The summed E-state index contributed by atoms with van der Waals surface area (Å²) in [5.74, 6) is 0.735. The van der Waals surface area contributed by atoms with Gasteiger partial charge in [0, 0.05) is 20.2 Å². The minimum Gasteiger partial charge on any atom is -0.397 e. The van der Waals surface area contributed by atoms with Gasteiger partial charge in [0.1, 0.15) is 12.4 Å². The molecule has 100 valence electrons. The van der Waals surface area contributed by atoms with Crippen LogP contribution in [0.2, 0.25) is 0 Å². The summed E-state index contributed by atoms with van der Waals surface area (Å²) in [4.78, 5) is 15.2. The molecule has 18 heavy (non-hydrogen) atoms. The highest BCUT2D eigenvalue weighted by atomic mass is 16.5. The van der Waals surface area contributed by atoms with E-state index in [0.717, 1.165) is 25.2 Å². The molecule has 0 aromatic carbocycles. The lowest BCUT2D eigenvalue weighted by Gasteiger charge is -2.06. The summed E-state index contributed by atoms with van der Waals surface area (Å²) in [5, 5.41) is 5.95. The Morgan fingerprint density at radius 1 is 1.39 bits per heavy atom. The van der Waals surface area contributed by atoms with Crippen LogP contribution in [0, 0.1) is 0 Å². The molecule has 0 unspecified atom stereocenters. The highest BCUT2D eigenvalue weighted by molar-refractivity contribution is 5.77. The maximum atomic E-state index is 11.1. The number of nitrogens with one attached hydrogen (secondary N) is 2. The van der Waals surface area contributed by atoms with Crippen LogP contribution in [0.3, 0.4) is 0 Å². The molecule has 1 rings (SSSR count). The van der Waals surface area contributed by atoms with E-state index >= 15 is 0 Å². The lowest BCUT2D eigenvalue weighted by atomic mass is 10.3. The fraction of sp³-hybridized carbons (Fsp3) is 0.500. The topological polar surface area (TPSA) is 89.3 Å². The van der Waals surface area contributed by atoms with Gasteiger partial charge in [-0.1, -0.05) is 0 Å². The van der Waals surface area contributed by atoms with Crippen LogP contribution in [0.4, 0.5) is 11.5 Å². The van der Waals surface area contributed by atoms with Crippen LogP contribution >= 0.6 is 0 Å². The first kappa shape index (κ1) is 14.2. The van der Waals surface area contributed by atoms with Crippen LogP contribution in [0.5, 0.6) is 0 Å².